The lowest BCUT2D eigenvalue weighted by molar-refractivity contribution is -0.144. The molecule has 1 rings (SSSR count). The number of ether oxygens (including phenoxy) is 2. The summed E-state index contributed by atoms with van der Waals surface area (Å²) in [5.41, 5.74) is 1.19. The minimum Gasteiger partial charge on any atom is -0.468 e. The Morgan fingerprint density at radius 1 is 1.26 bits per heavy atom. The predicted octanol–water partition coefficient (Wildman–Crippen LogP) is 1.09. The average Bonchev–Trinajstić information content (AvgIpc) is 2.86. The third kappa shape index (κ3) is 4.10. The second-order valence-electron chi connectivity index (χ2n) is 4.51. The van der Waals surface area contributed by atoms with E-state index in [0.717, 1.165) is 5.69 Å². The van der Waals surface area contributed by atoms with Crippen LogP contribution in [0, 0.1) is 5.92 Å². The number of nitrogens with one attached hydrogen (secondary N) is 2. The maximum Gasteiger partial charge on any atom is 0.354 e. The molecule has 6 nitrogen and oxygen atoms in total. The van der Waals surface area contributed by atoms with Crippen molar-refractivity contribution < 1.29 is 19.1 Å². The second-order valence-corrected chi connectivity index (χ2v) is 4.51. The van der Waals surface area contributed by atoms with E-state index in [1.54, 1.807) is 12.1 Å². The first kappa shape index (κ1) is 15.2. The van der Waals surface area contributed by atoms with Gasteiger partial charge in [-0.2, -0.15) is 0 Å². The van der Waals surface area contributed by atoms with Crippen LogP contribution in [0.3, 0.4) is 0 Å². The zero-order chi connectivity index (χ0) is 14.4. The minimum atomic E-state index is -0.417. The number of carbonyl (C=O) groups excluding carboxylic acids is 2. The lowest BCUT2D eigenvalue weighted by Crippen LogP contribution is -2.41. The van der Waals surface area contributed by atoms with Gasteiger partial charge >= 0.3 is 11.9 Å². The van der Waals surface area contributed by atoms with Crippen molar-refractivity contribution in [1.29, 1.82) is 0 Å². The van der Waals surface area contributed by atoms with Crippen molar-refractivity contribution in [2.45, 2.75) is 26.4 Å². The number of hydrogen-bond donors (Lipinski definition) is 2. The summed E-state index contributed by atoms with van der Waals surface area (Å²) in [7, 11) is 2.69. The van der Waals surface area contributed by atoms with Gasteiger partial charge in [-0.15, -0.1) is 0 Å². The topological polar surface area (TPSA) is 80.4 Å². The van der Waals surface area contributed by atoms with E-state index in [9.17, 15) is 9.59 Å². The fourth-order valence-electron chi connectivity index (χ4n) is 1.71. The molecule has 0 saturated heterocycles. The van der Waals surface area contributed by atoms with Crippen molar-refractivity contribution in [3.05, 3.63) is 23.5 Å². The molecule has 0 amide bonds. The first-order valence-electron chi connectivity index (χ1n) is 6.07. The van der Waals surface area contributed by atoms with Crippen LogP contribution in [-0.2, 0) is 20.8 Å². The normalized spacial score (nSPS) is 12.3. The Bertz CT molecular complexity index is 440. The molecular formula is C13H20N2O4. The molecule has 0 bridgehead atoms. The molecule has 1 heterocycles. The summed E-state index contributed by atoms with van der Waals surface area (Å²) in [6, 6.07) is 3.04. The fourth-order valence-corrected chi connectivity index (χ4v) is 1.71. The highest BCUT2D eigenvalue weighted by molar-refractivity contribution is 5.87. The number of hydrogen-bond acceptors (Lipinski definition) is 5. The summed E-state index contributed by atoms with van der Waals surface area (Å²) in [5.74, 6) is -0.600. The smallest absolute Gasteiger partial charge is 0.354 e. The molecule has 0 aromatic carbocycles. The molecule has 6 heteroatoms. The van der Waals surface area contributed by atoms with E-state index in [2.05, 4.69) is 15.0 Å². The minimum absolute atomic E-state index is 0.113. The van der Waals surface area contributed by atoms with Gasteiger partial charge in [-0.05, 0) is 18.1 Å². The van der Waals surface area contributed by atoms with E-state index < -0.39 is 5.97 Å². The Morgan fingerprint density at radius 2 is 1.95 bits per heavy atom. The van der Waals surface area contributed by atoms with Gasteiger partial charge in [-0.25, -0.2) is 4.79 Å². The summed E-state index contributed by atoms with van der Waals surface area (Å²) in [6.07, 6.45) is 0. The van der Waals surface area contributed by atoms with Gasteiger partial charge in [-0.3, -0.25) is 10.1 Å². The van der Waals surface area contributed by atoms with Crippen molar-refractivity contribution in [2.75, 3.05) is 14.2 Å². The van der Waals surface area contributed by atoms with Gasteiger partial charge in [0.25, 0.3) is 0 Å². The highest BCUT2D eigenvalue weighted by Gasteiger charge is 2.22. The summed E-state index contributed by atoms with van der Waals surface area (Å²) in [4.78, 5) is 25.8. The predicted molar refractivity (Wildman–Crippen MR) is 69.6 cm³/mol. The number of esters is 2. The third-order valence-electron chi connectivity index (χ3n) is 2.79. The molecule has 0 unspecified atom stereocenters. The van der Waals surface area contributed by atoms with Gasteiger partial charge in [0.2, 0.25) is 0 Å². The van der Waals surface area contributed by atoms with Gasteiger partial charge in [0.05, 0.1) is 14.2 Å². The van der Waals surface area contributed by atoms with Crippen LogP contribution < -0.4 is 5.32 Å². The Hall–Kier alpha value is -1.82. The number of aromatic amines is 1. The molecule has 0 saturated carbocycles. The van der Waals surface area contributed by atoms with Crippen molar-refractivity contribution in [2.24, 2.45) is 5.92 Å². The molecule has 1 atom stereocenters. The maximum atomic E-state index is 11.6. The zero-order valence-electron chi connectivity index (χ0n) is 11.6. The molecule has 0 aliphatic rings. The lowest BCUT2D eigenvalue weighted by atomic mass is 10.0. The molecule has 0 aliphatic heterocycles. The molecular weight excluding hydrogens is 248 g/mol. The summed E-state index contributed by atoms with van der Waals surface area (Å²) >= 11 is 0. The third-order valence-corrected chi connectivity index (χ3v) is 2.79. The van der Waals surface area contributed by atoms with E-state index in [-0.39, 0.29) is 17.9 Å². The number of aromatic nitrogens is 1. The van der Waals surface area contributed by atoms with Crippen molar-refractivity contribution in [1.82, 2.24) is 10.3 Å². The largest absolute Gasteiger partial charge is 0.468 e. The number of carbonyl (C=O) groups is 2. The Labute approximate surface area is 112 Å². The van der Waals surface area contributed by atoms with Crippen LogP contribution in [0.15, 0.2) is 12.1 Å². The molecule has 19 heavy (non-hydrogen) atoms. The molecule has 1 aromatic heterocycles. The Balaban J connectivity index is 2.62. The van der Waals surface area contributed by atoms with Crippen LogP contribution in [-0.4, -0.2) is 37.2 Å². The van der Waals surface area contributed by atoms with Crippen LogP contribution in [0.1, 0.15) is 30.0 Å². The molecule has 0 radical (unpaired) electrons. The average molecular weight is 268 g/mol. The van der Waals surface area contributed by atoms with Gasteiger partial charge < -0.3 is 14.5 Å². The summed E-state index contributed by atoms with van der Waals surface area (Å²) < 4.78 is 9.34. The Morgan fingerprint density at radius 3 is 2.47 bits per heavy atom. The monoisotopic (exact) mass is 268 g/mol. The number of methoxy groups -OCH3 is 2. The zero-order valence-corrected chi connectivity index (χ0v) is 11.6. The SMILES string of the molecule is COC(=O)c1ccc(CN[C@H](C(=O)OC)C(C)C)[nH]1. The van der Waals surface area contributed by atoms with Gasteiger partial charge in [0, 0.05) is 12.2 Å². The standard InChI is InChI=1S/C13H20N2O4/c1-8(2)11(13(17)19-4)14-7-9-5-6-10(15-9)12(16)18-3/h5-6,8,11,14-15H,7H2,1-4H3/t11-/m0/s1. The molecule has 106 valence electrons. The first-order chi connectivity index (χ1) is 8.99. The van der Waals surface area contributed by atoms with Crippen molar-refractivity contribution >= 4 is 11.9 Å². The maximum absolute atomic E-state index is 11.6. The van der Waals surface area contributed by atoms with Crippen LogP contribution in [0.25, 0.3) is 0 Å². The highest BCUT2D eigenvalue weighted by Crippen LogP contribution is 2.07. The highest BCUT2D eigenvalue weighted by atomic mass is 16.5. The first-order valence-corrected chi connectivity index (χ1v) is 6.07. The van der Waals surface area contributed by atoms with E-state index in [4.69, 9.17) is 4.74 Å². The summed E-state index contributed by atoms with van der Waals surface area (Å²) in [5, 5.41) is 3.10. The van der Waals surface area contributed by atoms with Crippen molar-refractivity contribution in [3.63, 3.8) is 0 Å². The summed E-state index contributed by atoms with van der Waals surface area (Å²) in [6.45, 7) is 4.31. The van der Waals surface area contributed by atoms with Crippen LogP contribution in [0.5, 0.6) is 0 Å². The van der Waals surface area contributed by atoms with Crippen molar-refractivity contribution in [3.8, 4) is 0 Å². The van der Waals surface area contributed by atoms with E-state index in [0.29, 0.717) is 12.2 Å². The van der Waals surface area contributed by atoms with E-state index in [1.807, 2.05) is 13.8 Å². The number of H-pyrrole nitrogens is 1. The van der Waals surface area contributed by atoms with E-state index in [1.165, 1.54) is 14.2 Å². The second kappa shape index (κ2) is 6.94. The fraction of sp³-hybridized carbons (Fsp3) is 0.538. The van der Waals surface area contributed by atoms with Crippen LogP contribution >= 0.6 is 0 Å². The lowest BCUT2D eigenvalue weighted by Gasteiger charge is -2.19. The van der Waals surface area contributed by atoms with Gasteiger partial charge in [0.15, 0.2) is 0 Å². The van der Waals surface area contributed by atoms with Gasteiger partial charge in [-0.1, -0.05) is 13.8 Å². The Kier molecular flexibility index (Phi) is 5.57. The quantitative estimate of drug-likeness (QED) is 0.755. The molecule has 0 spiro atoms. The molecule has 0 fully saturated rings. The number of rotatable bonds is 6. The van der Waals surface area contributed by atoms with Crippen LogP contribution in [0.2, 0.25) is 0 Å². The van der Waals surface area contributed by atoms with Gasteiger partial charge in [0.1, 0.15) is 11.7 Å². The van der Waals surface area contributed by atoms with Crippen LogP contribution in [0.4, 0.5) is 0 Å². The molecule has 2 N–H and O–H groups in total. The molecule has 1 aromatic rings. The molecule has 0 aliphatic carbocycles. The van der Waals surface area contributed by atoms with E-state index >= 15 is 0 Å².